The van der Waals surface area contributed by atoms with Crippen LogP contribution in [0.15, 0.2) is 47.1 Å². The number of hydrogen-bond acceptors (Lipinski definition) is 10. The number of nitrogens with one attached hydrogen (secondary N) is 2. The van der Waals surface area contributed by atoms with Crippen LogP contribution in [0.25, 0.3) is 17.2 Å². The fourth-order valence-corrected chi connectivity index (χ4v) is 4.65. The standard InChI is InChI=1S/C26H32N8O3/c1-35-15-16-36-20-6-4-18(5-7-20)19-8-11-33(12-9-19)13-10-29-23-21(17-27)25-30-24(22-3-2-14-37-22)32-34(25)26(28)31-23/h2-7,14,17,19,27,29H,8-13,15-16H2,1H3,(H2,28,31). The van der Waals surface area contributed by atoms with Gasteiger partial charge in [0.25, 0.3) is 0 Å². The Morgan fingerprint density at radius 1 is 1.16 bits per heavy atom. The third kappa shape index (κ3) is 5.57. The summed E-state index contributed by atoms with van der Waals surface area (Å²) in [7, 11) is 1.67. The Morgan fingerprint density at radius 3 is 2.68 bits per heavy atom. The van der Waals surface area contributed by atoms with Crippen LogP contribution in [0.2, 0.25) is 0 Å². The first-order valence-corrected chi connectivity index (χ1v) is 12.4. The van der Waals surface area contributed by atoms with Crippen LogP contribution in [-0.4, -0.2) is 77.2 Å². The average Bonchev–Trinajstić information content (AvgIpc) is 3.61. The van der Waals surface area contributed by atoms with Crippen LogP contribution in [0.1, 0.15) is 29.9 Å². The van der Waals surface area contributed by atoms with Crippen molar-refractivity contribution in [1.82, 2.24) is 24.5 Å². The number of anilines is 2. The molecule has 4 aromatic rings. The van der Waals surface area contributed by atoms with Crippen molar-refractivity contribution in [2.45, 2.75) is 18.8 Å². The van der Waals surface area contributed by atoms with Crippen LogP contribution in [-0.2, 0) is 4.74 Å². The van der Waals surface area contributed by atoms with E-state index in [1.165, 1.54) is 16.3 Å². The predicted molar refractivity (Wildman–Crippen MR) is 141 cm³/mol. The number of ether oxygens (including phenoxy) is 2. The Balaban J connectivity index is 1.15. The van der Waals surface area contributed by atoms with Crippen molar-refractivity contribution >= 4 is 23.6 Å². The molecule has 1 aromatic carbocycles. The summed E-state index contributed by atoms with van der Waals surface area (Å²) < 4.78 is 17.5. The second-order valence-electron chi connectivity index (χ2n) is 8.98. The van der Waals surface area contributed by atoms with Crippen LogP contribution in [0.3, 0.4) is 0 Å². The zero-order valence-corrected chi connectivity index (χ0v) is 20.9. The summed E-state index contributed by atoms with van der Waals surface area (Å²) in [4.78, 5) is 11.4. The van der Waals surface area contributed by atoms with Gasteiger partial charge in [0.1, 0.15) is 18.2 Å². The molecule has 0 amide bonds. The van der Waals surface area contributed by atoms with Gasteiger partial charge in [0, 0.05) is 26.4 Å². The molecule has 4 N–H and O–H groups in total. The van der Waals surface area contributed by atoms with Gasteiger partial charge < -0.3 is 35.3 Å². The molecular formula is C26H32N8O3. The van der Waals surface area contributed by atoms with Gasteiger partial charge in [0.05, 0.1) is 18.4 Å². The number of nitrogens with two attached hydrogens (primary N) is 1. The van der Waals surface area contributed by atoms with E-state index in [2.05, 4.69) is 37.4 Å². The summed E-state index contributed by atoms with van der Waals surface area (Å²) in [6.07, 6.45) is 5.01. The summed E-state index contributed by atoms with van der Waals surface area (Å²) in [6.45, 7) is 4.75. The van der Waals surface area contributed by atoms with E-state index >= 15 is 0 Å². The monoisotopic (exact) mass is 504 g/mol. The van der Waals surface area contributed by atoms with Crippen molar-refractivity contribution in [3.8, 4) is 17.3 Å². The molecule has 1 saturated heterocycles. The van der Waals surface area contributed by atoms with E-state index in [1.807, 2.05) is 12.1 Å². The van der Waals surface area contributed by atoms with Crippen molar-refractivity contribution in [1.29, 1.82) is 5.41 Å². The second kappa shape index (κ2) is 11.4. The van der Waals surface area contributed by atoms with Gasteiger partial charge in [-0.15, -0.1) is 5.10 Å². The maximum atomic E-state index is 7.94. The number of nitrogens with zero attached hydrogens (tertiary/aromatic N) is 5. The van der Waals surface area contributed by atoms with Crippen molar-refractivity contribution in [3.05, 3.63) is 53.8 Å². The zero-order valence-electron chi connectivity index (χ0n) is 20.9. The summed E-state index contributed by atoms with van der Waals surface area (Å²) in [6, 6.07) is 12.0. The van der Waals surface area contributed by atoms with Gasteiger partial charge >= 0.3 is 0 Å². The topological polar surface area (TPSA) is 140 Å². The number of benzene rings is 1. The molecule has 0 bridgehead atoms. The Bertz CT molecular complexity index is 1310. The van der Waals surface area contributed by atoms with Crippen LogP contribution in [0.5, 0.6) is 5.75 Å². The maximum Gasteiger partial charge on any atom is 0.225 e. The highest BCUT2D eigenvalue weighted by atomic mass is 16.5. The lowest BCUT2D eigenvalue weighted by Gasteiger charge is -2.32. The molecule has 194 valence electrons. The van der Waals surface area contributed by atoms with E-state index in [1.54, 1.807) is 25.5 Å². The van der Waals surface area contributed by atoms with Gasteiger partial charge in [-0.25, -0.2) is 4.98 Å². The molecule has 4 heterocycles. The van der Waals surface area contributed by atoms with Gasteiger partial charge in [-0.05, 0) is 61.7 Å². The SMILES string of the molecule is COCCOc1ccc(C2CCN(CCNc3nc(N)n4nc(-c5ccco5)nc4c3C=N)CC2)cc1. The Hall–Kier alpha value is -3.96. The lowest BCUT2D eigenvalue weighted by molar-refractivity contribution is 0.146. The molecule has 1 fully saturated rings. The predicted octanol–water partition coefficient (Wildman–Crippen LogP) is 3.28. The molecule has 0 spiro atoms. The molecule has 11 heteroatoms. The highest BCUT2D eigenvalue weighted by Gasteiger charge is 2.21. The molecule has 37 heavy (non-hydrogen) atoms. The molecular weight excluding hydrogens is 472 g/mol. The molecule has 0 saturated carbocycles. The molecule has 11 nitrogen and oxygen atoms in total. The molecule has 1 aliphatic rings. The van der Waals surface area contributed by atoms with Crippen LogP contribution >= 0.6 is 0 Å². The molecule has 0 aliphatic carbocycles. The number of nitrogen functional groups attached to an aromatic ring is 1. The average molecular weight is 505 g/mol. The molecule has 0 radical (unpaired) electrons. The van der Waals surface area contributed by atoms with E-state index in [0.717, 1.165) is 38.2 Å². The van der Waals surface area contributed by atoms with Crippen molar-refractivity contribution in [3.63, 3.8) is 0 Å². The molecule has 1 aliphatic heterocycles. The summed E-state index contributed by atoms with van der Waals surface area (Å²) >= 11 is 0. The second-order valence-corrected chi connectivity index (χ2v) is 8.98. The maximum absolute atomic E-state index is 7.94. The van der Waals surface area contributed by atoms with Crippen molar-refractivity contribution in [2.24, 2.45) is 0 Å². The number of methoxy groups -OCH3 is 1. The summed E-state index contributed by atoms with van der Waals surface area (Å²) in [5.41, 5.74) is 8.52. The number of fused-ring (bicyclic) bond motifs is 1. The van der Waals surface area contributed by atoms with Gasteiger partial charge in [-0.1, -0.05) is 12.1 Å². The fourth-order valence-electron chi connectivity index (χ4n) is 4.65. The third-order valence-electron chi connectivity index (χ3n) is 6.65. The number of rotatable bonds is 11. The Kier molecular flexibility index (Phi) is 7.62. The van der Waals surface area contributed by atoms with E-state index in [4.69, 9.17) is 25.0 Å². The minimum absolute atomic E-state index is 0.198. The first kappa shape index (κ1) is 24.7. The van der Waals surface area contributed by atoms with Gasteiger partial charge in [0.15, 0.2) is 11.4 Å². The third-order valence-corrected chi connectivity index (χ3v) is 6.65. The van der Waals surface area contributed by atoms with Crippen LogP contribution in [0.4, 0.5) is 11.8 Å². The summed E-state index contributed by atoms with van der Waals surface area (Å²) in [5, 5.41) is 15.7. The Morgan fingerprint density at radius 2 is 1.97 bits per heavy atom. The quantitative estimate of drug-likeness (QED) is 0.207. The first-order chi connectivity index (χ1) is 18.2. The zero-order chi connectivity index (χ0) is 25.6. The highest BCUT2D eigenvalue weighted by molar-refractivity contribution is 5.93. The van der Waals surface area contributed by atoms with Gasteiger partial charge in [-0.2, -0.15) is 9.50 Å². The minimum Gasteiger partial charge on any atom is -0.491 e. The number of furan rings is 1. The number of aromatic nitrogens is 4. The minimum atomic E-state index is 0.198. The summed E-state index contributed by atoms with van der Waals surface area (Å²) in [5.74, 6) is 3.09. The highest BCUT2D eigenvalue weighted by Crippen LogP contribution is 2.29. The normalized spacial score (nSPS) is 14.7. The lowest BCUT2D eigenvalue weighted by atomic mass is 9.89. The fraction of sp³-hybridized carbons (Fsp3) is 0.385. The van der Waals surface area contributed by atoms with E-state index in [9.17, 15) is 0 Å². The Labute approximate surface area is 215 Å². The number of hydrogen-bond donors (Lipinski definition) is 3. The van der Waals surface area contributed by atoms with Crippen molar-refractivity contribution in [2.75, 3.05) is 57.6 Å². The van der Waals surface area contributed by atoms with E-state index in [-0.39, 0.29) is 5.95 Å². The lowest BCUT2D eigenvalue weighted by Crippen LogP contribution is -2.36. The van der Waals surface area contributed by atoms with Crippen LogP contribution < -0.4 is 15.8 Å². The van der Waals surface area contributed by atoms with Gasteiger partial charge in [0.2, 0.25) is 11.8 Å². The number of likely N-dealkylation sites (tertiary alicyclic amines) is 1. The molecule has 3 aromatic heterocycles. The van der Waals surface area contributed by atoms with E-state index < -0.39 is 0 Å². The molecule has 5 rings (SSSR count). The van der Waals surface area contributed by atoms with Crippen molar-refractivity contribution < 1.29 is 13.9 Å². The van der Waals surface area contributed by atoms with E-state index in [0.29, 0.717) is 54.3 Å². The smallest absolute Gasteiger partial charge is 0.225 e. The largest absolute Gasteiger partial charge is 0.491 e. The van der Waals surface area contributed by atoms with Gasteiger partial charge in [-0.3, -0.25) is 0 Å². The number of piperidine rings is 1. The van der Waals surface area contributed by atoms with Crippen LogP contribution in [0, 0.1) is 5.41 Å². The first-order valence-electron chi connectivity index (χ1n) is 12.4. The molecule has 0 unspecified atom stereocenters. The molecule has 0 atom stereocenters.